The van der Waals surface area contributed by atoms with Gasteiger partial charge in [-0.2, -0.15) is 0 Å². The fourth-order valence-corrected chi connectivity index (χ4v) is 4.53. The normalized spacial score (nSPS) is 24.6. The maximum atomic E-state index is 12.9. The molecular weight excluding hydrogens is 296 g/mol. The average molecular weight is 322 g/mol. The van der Waals surface area contributed by atoms with Gasteiger partial charge in [0.25, 0.3) is 5.91 Å². The fraction of sp³-hybridized carbons (Fsp3) is 0.765. The molecule has 1 aromatic heterocycles. The van der Waals surface area contributed by atoms with Gasteiger partial charge in [0.15, 0.2) is 0 Å². The van der Waals surface area contributed by atoms with Crippen LogP contribution < -0.4 is 0 Å². The molecule has 1 amide bonds. The Morgan fingerprint density at radius 1 is 1.32 bits per heavy atom. The Bertz CT molecular complexity index is 511. The van der Waals surface area contributed by atoms with Crippen LogP contribution in [-0.2, 0) is 9.53 Å². The van der Waals surface area contributed by atoms with E-state index >= 15 is 0 Å². The number of carbonyl (C=O) groups excluding carboxylic acids is 1. The molecule has 2 atom stereocenters. The van der Waals surface area contributed by atoms with E-state index in [1.54, 1.807) is 11.3 Å². The monoisotopic (exact) mass is 322 g/mol. The minimum atomic E-state index is -0.329. The van der Waals surface area contributed by atoms with Crippen molar-refractivity contribution >= 4 is 17.2 Å². The predicted molar refractivity (Wildman–Crippen MR) is 88.0 cm³/mol. The van der Waals surface area contributed by atoms with Gasteiger partial charge < -0.3 is 9.64 Å². The van der Waals surface area contributed by atoms with Crippen molar-refractivity contribution < 1.29 is 9.53 Å². The van der Waals surface area contributed by atoms with E-state index in [-0.39, 0.29) is 24.2 Å². The van der Waals surface area contributed by atoms with Crippen molar-refractivity contribution in [2.75, 3.05) is 6.54 Å². The number of nitrogens with zero attached hydrogens (tertiary/aromatic N) is 2. The lowest BCUT2D eigenvalue weighted by atomic mass is 10.0. The Morgan fingerprint density at radius 3 is 2.73 bits per heavy atom. The molecule has 0 spiro atoms. The molecule has 3 rings (SSSR count). The van der Waals surface area contributed by atoms with Crippen LogP contribution in [0.15, 0.2) is 5.38 Å². The molecule has 0 aromatic carbocycles. The summed E-state index contributed by atoms with van der Waals surface area (Å²) in [5.41, 5.74) is 1.05. The molecule has 0 radical (unpaired) electrons. The Balaban J connectivity index is 1.67. The predicted octanol–water partition coefficient (Wildman–Crippen LogP) is 3.85. The third kappa shape index (κ3) is 3.51. The first kappa shape index (κ1) is 15.9. The number of thiazole rings is 1. The lowest BCUT2D eigenvalue weighted by molar-refractivity contribution is -0.150. The molecule has 1 saturated carbocycles. The van der Waals surface area contributed by atoms with Crippen LogP contribution in [0.2, 0.25) is 0 Å². The molecule has 4 nitrogen and oxygen atoms in total. The first-order chi connectivity index (χ1) is 10.6. The van der Waals surface area contributed by atoms with E-state index in [2.05, 4.69) is 10.4 Å². The zero-order valence-electron chi connectivity index (χ0n) is 13.6. The van der Waals surface area contributed by atoms with Gasteiger partial charge in [0.2, 0.25) is 0 Å². The molecule has 122 valence electrons. The zero-order chi connectivity index (χ0) is 15.5. The Labute approximate surface area is 136 Å². The van der Waals surface area contributed by atoms with E-state index < -0.39 is 0 Å². The summed E-state index contributed by atoms with van der Waals surface area (Å²) in [6.45, 7) is 4.76. The molecule has 1 aliphatic carbocycles. The topological polar surface area (TPSA) is 42.4 Å². The van der Waals surface area contributed by atoms with Gasteiger partial charge in [0, 0.05) is 17.6 Å². The number of aryl methyl sites for hydroxylation is 1. The van der Waals surface area contributed by atoms with E-state index in [9.17, 15) is 4.79 Å². The first-order valence-corrected chi connectivity index (χ1v) is 9.41. The lowest BCUT2D eigenvalue weighted by Gasteiger charge is -2.36. The second kappa shape index (κ2) is 7.09. The summed E-state index contributed by atoms with van der Waals surface area (Å²) in [6, 6.07) is 0.148. The molecule has 1 aromatic rings. The smallest absolute Gasteiger partial charge is 0.252 e. The molecule has 1 saturated heterocycles. The second-order valence-corrected chi connectivity index (χ2v) is 7.44. The van der Waals surface area contributed by atoms with Crippen LogP contribution in [0.5, 0.6) is 0 Å². The van der Waals surface area contributed by atoms with E-state index in [0.29, 0.717) is 0 Å². The SMILES string of the molecule is Cc1csc([C@@H]2CCCCN2C(=O)[C@@H](C)OC2CCCC2)n1. The maximum Gasteiger partial charge on any atom is 0.252 e. The summed E-state index contributed by atoms with van der Waals surface area (Å²) in [5.74, 6) is 0.143. The summed E-state index contributed by atoms with van der Waals surface area (Å²) in [7, 11) is 0. The van der Waals surface area contributed by atoms with Crippen LogP contribution in [0, 0.1) is 6.92 Å². The largest absolute Gasteiger partial charge is 0.365 e. The summed E-state index contributed by atoms with van der Waals surface area (Å²) < 4.78 is 6.01. The summed E-state index contributed by atoms with van der Waals surface area (Å²) in [5, 5.41) is 3.16. The van der Waals surface area contributed by atoms with Gasteiger partial charge >= 0.3 is 0 Å². The molecule has 0 bridgehead atoms. The van der Waals surface area contributed by atoms with Gasteiger partial charge in [-0.1, -0.05) is 12.8 Å². The van der Waals surface area contributed by atoms with Crippen LogP contribution in [0.1, 0.15) is 68.6 Å². The van der Waals surface area contributed by atoms with Crippen molar-refractivity contribution in [3.05, 3.63) is 16.1 Å². The van der Waals surface area contributed by atoms with Crippen molar-refractivity contribution in [2.24, 2.45) is 0 Å². The standard InChI is InChI=1S/C17H26N2O2S/c1-12-11-22-16(18-12)15-9-5-6-10-19(15)17(20)13(2)21-14-7-3-4-8-14/h11,13-15H,3-10H2,1-2H3/t13-,15+/m1/s1. The Kier molecular flexibility index (Phi) is 5.14. The van der Waals surface area contributed by atoms with Crippen molar-refractivity contribution in [1.29, 1.82) is 0 Å². The number of carbonyl (C=O) groups is 1. The van der Waals surface area contributed by atoms with Gasteiger partial charge in [-0.15, -0.1) is 11.3 Å². The third-order valence-corrected chi connectivity index (χ3v) is 5.82. The van der Waals surface area contributed by atoms with Gasteiger partial charge in [-0.25, -0.2) is 4.98 Å². The van der Waals surface area contributed by atoms with Crippen LogP contribution in [0.4, 0.5) is 0 Å². The highest BCUT2D eigenvalue weighted by Gasteiger charge is 2.33. The third-order valence-electron chi connectivity index (χ3n) is 4.75. The number of rotatable bonds is 4. The van der Waals surface area contributed by atoms with Gasteiger partial charge in [0.05, 0.1) is 12.1 Å². The molecule has 2 fully saturated rings. The molecule has 1 aliphatic heterocycles. The van der Waals surface area contributed by atoms with Crippen LogP contribution >= 0.6 is 11.3 Å². The number of aromatic nitrogens is 1. The van der Waals surface area contributed by atoms with Crippen molar-refractivity contribution in [3.63, 3.8) is 0 Å². The average Bonchev–Trinajstić information content (AvgIpc) is 3.18. The van der Waals surface area contributed by atoms with Crippen molar-refractivity contribution in [1.82, 2.24) is 9.88 Å². The maximum absolute atomic E-state index is 12.9. The lowest BCUT2D eigenvalue weighted by Crippen LogP contribution is -2.44. The highest BCUT2D eigenvalue weighted by molar-refractivity contribution is 7.09. The fourth-order valence-electron chi connectivity index (χ4n) is 3.58. The van der Waals surface area contributed by atoms with Crippen LogP contribution in [0.25, 0.3) is 0 Å². The number of piperidine rings is 1. The molecule has 5 heteroatoms. The summed E-state index contributed by atoms with van der Waals surface area (Å²) >= 11 is 1.68. The van der Waals surface area contributed by atoms with E-state index in [1.165, 1.54) is 19.3 Å². The molecule has 22 heavy (non-hydrogen) atoms. The van der Waals surface area contributed by atoms with Gasteiger partial charge in [-0.3, -0.25) is 4.79 Å². The van der Waals surface area contributed by atoms with Crippen molar-refractivity contribution in [3.8, 4) is 0 Å². The molecule has 2 aliphatic rings. The first-order valence-electron chi connectivity index (χ1n) is 8.53. The summed E-state index contributed by atoms with van der Waals surface area (Å²) in [4.78, 5) is 19.5. The highest BCUT2D eigenvalue weighted by Crippen LogP contribution is 2.33. The molecular formula is C17H26N2O2S. The van der Waals surface area contributed by atoms with Gasteiger partial charge in [-0.05, 0) is 46.0 Å². The minimum absolute atomic E-state index is 0.143. The number of hydrogen-bond donors (Lipinski definition) is 0. The number of hydrogen-bond acceptors (Lipinski definition) is 4. The highest BCUT2D eigenvalue weighted by atomic mass is 32.1. The second-order valence-electron chi connectivity index (χ2n) is 6.56. The molecule has 0 N–H and O–H groups in total. The van der Waals surface area contributed by atoms with E-state index in [1.807, 2.05) is 18.7 Å². The quantitative estimate of drug-likeness (QED) is 0.845. The summed E-state index contributed by atoms with van der Waals surface area (Å²) in [6.07, 6.45) is 7.91. The zero-order valence-corrected chi connectivity index (χ0v) is 14.4. The van der Waals surface area contributed by atoms with E-state index in [4.69, 9.17) is 4.74 Å². The Morgan fingerprint density at radius 2 is 2.05 bits per heavy atom. The molecule has 0 unspecified atom stereocenters. The Hall–Kier alpha value is -0.940. The van der Waals surface area contributed by atoms with Crippen molar-refractivity contribution in [2.45, 2.75) is 77.0 Å². The number of amides is 1. The minimum Gasteiger partial charge on any atom is -0.365 e. The van der Waals surface area contributed by atoms with Crippen LogP contribution in [-0.4, -0.2) is 34.5 Å². The van der Waals surface area contributed by atoms with Crippen LogP contribution in [0.3, 0.4) is 0 Å². The molecule has 2 heterocycles. The van der Waals surface area contributed by atoms with E-state index in [0.717, 1.165) is 42.9 Å². The van der Waals surface area contributed by atoms with Gasteiger partial charge in [0.1, 0.15) is 11.1 Å². The number of likely N-dealkylation sites (tertiary alicyclic amines) is 1. The number of ether oxygens (including phenoxy) is 1.